The number of aliphatic hydroxyl groups excluding tert-OH is 3. The van der Waals surface area contributed by atoms with Crippen molar-refractivity contribution in [2.24, 2.45) is 0 Å². The average molecular weight is 121 g/mol. The van der Waals surface area contributed by atoms with Gasteiger partial charge in [0, 0.05) is 0 Å². The van der Waals surface area contributed by atoms with Crippen molar-refractivity contribution in [2.45, 2.75) is 25.4 Å². The quantitative estimate of drug-likeness (QED) is 0.388. The molecule has 4 nitrogen and oxygen atoms in total. The van der Waals surface area contributed by atoms with E-state index in [1.165, 1.54) is 6.92 Å². The molecule has 0 aliphatic heterocycles. The lowest BCUT2D eigenvalue weighted by Gasteiger charge is -2.12. The lowest BCUT2D eigenvalue weighted by Crippen LogP contribution is -2.34. The van der Waals surface area contributed by atoms with Crippen molar-refractivity contribution in [1.29, 1.82) is 0 Å². The summed E-state index contributed by atoms with van der Waals surface area (Å²) >= 11 is 0. The Balaban J connectivity index is 3.46. The predicted octanol–water partition coefficient (Wildman–Crippen LogP) is -1.52. The van der Waals surface area contributed by atoms with Crippen molar-refractivity contribution in [3.05, 3.63) is 0 Å². The molecule has 0 aromatic carbocycles. The Morgan fingerprint density at radius 1 is 1.25 bits per heavy atom. The van der Waals surface area contributed by atoms with Crippen molar-refractivity contribution >= 4 is 0 Å². The van der Waals surface area contributed by atoms with E-state index in [1.807, 2.05) is 0 Å². The summed E-state index contributed by atoms with van der Waals surface area (Å²) in [6.45, 7) is 1.23. The Hall–Kier alpha value is -0.160. The van der Waals surface area contributed by atoms with Crippen LogP contribution in [0.15, 0.2) is 0 Å². The van der Waals surface area contributed by atoms with E-state index < -0.39 is 18.5 Å². The van der Waals surface area contributed by atoms with Crippen LogP contribution in [0, 0.1) is 0 Å². The number of hydrogen-bond acceptors (Lipinski definition) is 3. The van der Waals surface area contributed by atoms with Gasteiger partial charge in [0.05, 0.1) is 6.10 Å². The molecule has 3 unspecified atom stereocenters. The van der Waals surface area contributed by atoms with Crippen LogP contribution in [-0.2, 0) is 5.11 Å². The van der Waals surface area contributed by atoms with Gasteiger partial charge in [-0.1, -0.05) is 0 Å². The summed E-state index contributed by atoms with van der Waals surface area (Å²) in [5.74, 6) is 0. The van der Waals surface area contributed by atoms with E-state index in [0.29, 0.717) is 0 Å². The lowest BCUT2D eigenvalue weighted by atomic mass is 10.2. The fourth-order valence-electron chi connectivity index (χ4n) is 0.238. The number of rotatable bonds is 2. The first-order chi connectivity index (χ1) is 3.55. The van der Waals surface area contributed by atoms with Gasteiger partial charge < -0.3 is 15.3 Å². The second-order valence-electron chi connectivity index (χ2n) is 1.62. The van der Waals surface area contributed by atoms with E-state index in [4.69, 9.17) is 15.3 Å². The van der Waals surface area contributed by atoms with Crippen molar-refractivity contribution in [3.8, 4) is 0 Å². The molecular weight excluding hydrogens is 112 g/mol. The van der Waals surface area contributed by atoms with Gasteiger partial charge in [0.2, 0.25) is 6.29 Å². The third-order valence-corrected chi connectivity index (χ3v) is 0.786. The molecule has 0 saturated carbocycles. The fraction of sp³-hybridized carbons (Fsp3) is 1.00. The highest BCUT2D eigenvalue weighted by atomic mass is 16.5. The molecule has 0 aromatic heterocycles. The summed E-state index contributed by atoms with van der Waals surface area (Å²) in [7, 11) is 0. The van der Waals surface area contributed by atoms with Gasteiger partial charge in [-0.2, -0.15) is 5.11 Å². The van der Waals surface area contributed by atoms with Crippen LogP contribution in [0.3, 0.4) is 0 Å². The van der Waals surface area contributed by atoms with Crippen LogP contribution in [-0.4, -0.2) is 33.8 Å². The van der Waals surface area contributed by atoms with E-state index in [1.54, 1.807) is 0 Å². The van der Waals surface area contributed by atoms with E-state index >= 15 is 0 Å². The van der Waals surface area contributed by atoms with Gasteiger partial charge in [0.1, 0.15) is 6.10 Å². The van der Waals surface area contributed by atoms with Crippen LogP contribution >= 0.6 is 0 Å². The zero-order valence-corrected chi connectivity index (χ0v) is 4.48. The first-order valence-electron chi connectivity index (χ1n) is 2.25. The van der Waals surface area contributed by atoms with Crippen molar-refractivity contribution in [3.63, 3.8) is 0 Å². The van der Waals surface area contributed by atoms with Gasteiger partial charge in [-0.05, 0) is 6.92 Å². The Labute approximate surface area is 47.0 Å². The van der Waals surface area contributed by atoms with E-state index in [0.717, 1.165) is 0 Å². The minimum Gasteiger partial charge on any atom is -0.391 e. The Morgan fingerprint density at radius 3 is 1.62 bits per heavy atom. The fourth-order valence-corrected chi connectivity index (χ4v) is 0.238. The molecule has 0 aromatic rings. The van der Waals surface area contributed by atoms with Crippen LogP contribution in [0.25, 0.3) is 0 Å². The molecule has 3 N–H and O–H groups in total. The molecule has 1 radical (unpaired) electrons. The second-order valence-corrected chi connectivity index (χ2v) is 1.62. The minimum absolute atomic E-state index is 1.16. The Morgan fingerprint density at radius 2 is 1.62 bits per heavy atom. The Kier molecular flexibility index (Phi) is 2.93. The maximum absolute atomic E-state index is 9.81. The summed E-state index contributed by atoms with van der Waals surface area (Å²) in [6, 6.07) is 0. The molecule has 0 aliphatic rings. The molecule has 49 valence electrons. The molecule has 0 rings (SSSR count). The maximum atomic E-state index is 9.81. The highest BCUT2D eigenvalue weighted by Crippen LogP contribution is 1.95. The molecule has 3 atom stereocenters. The maximum Gasteiger partial charge on any atom is 0.217 e. The van der Waals surface area contributed by atoms with Crippen LogP contribution in [0.4, 0.5) is 0 Å². The third kappa shape index (κ3) is 2.23. The summed E-state index contributed by atoms with van der Waals surface area (Å²) in [6.07, 6.45) is -4.84. The minimum atomic E-state index is -2.10. The first-order valence-corrected chi connectivity index (χ1v) is 2.25. The summed E-state index contributed by atoms with van der Waals surface area (Å²) in [5.41, 5.74) is 0. The first kappa shape index (κ1) is 7.84. The van der Waals surface area contributed by atoms with Gasteiger partial charge in [0.25, 0.3) is 0 Å². The molecule has 0 amide bonds. The largest absolute Gasteiger partial charge is 0.391 e. The topological polar surface area (TPSA) is 80.6 Å². The zero-order chi connectivity index (χ0) is 6.73. The van der Waals surface area contributed by atoms with Crippen LogP contribution in [0.2, 0.25) is 0 Å². The molecule has 0 fully saturated rings. The molecular formula is C4H9O4. The highest BCUT2D eigenvalue weighted by molar-refractivity contribution is 4.61. The SMILES string of the molecule is CC(O)C(O)C([O])O. The molecule has 4 heteroatoms. The van der Waals surface area contributed by atoms with E-state index in [2.05, 4.69) is 0 Å². The van der Waals surface area contributed by atoms with Crippen LogP contribution in [0.1, 0.15) is 6.92 Å². The Bertz CT molecular complexity index is 53.1. The summed E-state index contributed by atoms with van der Waals surface area (Å²) < 4.78 is 0. The molecule has 0 aliphatic carbocycles. The van der Waals surface area contributed by atoms with Gasteiger partial charge in [-0.15, -0.1) is 0 Å². The normalized spacial score (nSPS) is 18.8. The van der Waals surface area contributed by atoms with Gasteiger partial charge in [-0.3, -0.25) is 0 Å². The van der Waals surface area contributed by atoms with Crippen molar-refractivity contribution < 1.29 is 20.4 Å². The summed E-state index contributed by atoms with van der Waals surface area (Å²) in [4.78, 5) is 0. The van der Waals surface area contributed by atoms with Crippen LogP contribution in [0.5, 0.6) is 0 Å². The zero-order valence-electron chi connectivity index (χ0n) is 4.48. The number of hydrogen-bond donors (Lipinski definition) is 3. The molecule has 8 heavy (non-hydrogen) atoms. The monoisotopic (exact) mass is 121 g/mol. The van der Waals surface area contributed by atoms with E-state index in [-0.39, 0.29) is 0 Å². The smallest absolute Gasteiger partial charge is 0.217 e. The molecule has 0 spiro atoms. The molecule has 0 saturated heterocycles. The second kappa shape index (κ2) is 2.99. The van der Waals surface area contributed by atoms with Gasteiger partial charge >= 0.3 is 0 Å². The highest BCUT2D eigenvalue weighted by Gasteiger charge is 2.19. The summed E-state index contributed by atoms with van der Waals surface area (Å²) in [5, 5.41) is 34.6. The van der Waals surface area contributed by atoms with Crippen LogP contribution < -0.4 is 0 Å². The van der Waals surface area contributed by atoms with Gasteiger partial charge in [-0.25, -0.2) is 0 Å². The standard InChI is InChI=1S/C4H9O4/c1-2(5)3(6)4(7)8/h2-7H,1H3. The average Bonchev–Trinajstić information content (AvgIpc) is 1.64. The lowest BCUT2D eigenvalue weighted by molar-refractivity contribution is -0.185. The molecule has 0 heterocycles. The molecule has 0 bridgehead atoms. The van der Waals surface area contributed by atoms with E-state index in [9.17, 15) is 5.11 Å². The van der Waals surface area contributed by atoms with Crippen molar-refractivity contribution in [2.75, 3.05) is 0 Å². The van der Waals surface area contributed by atoms with Crippen molar-refractivity contribution in [1.82, 2.24) is 0 Å². The number of aliphatic hydroxyl groups is 3. The van der Waals surface area contributed by atoms with Gasteiger partial charge in [0.15, 0.2) is 0 Å². The predicted molar refractivity (Wildman–Crippen MR) is 24.4 cm³/mol. The third-order valence-electron chi connectivity index (χ3n) is 0.786.